The molecule has 0 saturated heterocycles. The quantitative estimate of drug-likeness (QED) is 0.351. The zero-order valence-corrected chi connectivity index (χ0v) is 21.1. The van der Waals surface area contributed by atoms with Crippen LogP contribution in [-0.4, -0.2) is 25.1 Å². The second-order valence-corrected chi connectivity index (χ2v) is 9.79. The molecule has 1 aliphatic heterocycles. The number of rotatable bonds is 6. The number of hydrogen-bond acceptors (Lipinski definition) is 4. The summed E-state index contributed by atoms with van der Waals surface area (Å²) in [6, 6.07) is 10.8. The first-order valence-electron chi connectivity index (χ1n) is 11.0. The molecular weight excluding hydrogens is 457 g/mol. The molecule has 2 aromatic rings. The number of anilines is 2. The van der Waals surface area contributed by atoms with Crippen LogP contribution in [-0.2, 0) is 4.79 Å². The summed E-state index contributed by atoms with van der Waals surface area (Å²) in [4.78, 5) is 15.2. The number of nitriles is 1. The van der Waals surface area contributed by atoms with Gasteiger partial charge < -0.3 is 15.0 Å². The molecule has 0 spiro atoms. The van der Waals surface area contributed by atoms with E-state index in [9.17, 15) is 10.1 Å². The smallest absolute Gasteiger partial charge is 0.266 e. The van der Waals surface area contributed by atoms with Crippen molar-refractivity contribution < 1.29 is 9.53 Å². The predicted octanol–water partition coefficient (Wildman–Crippen LogP) is 7.05. The van der Waals surface area contributed by atoms with Crippen molar-refractivity contribution in [2.45, 2.75) is 52.0 Å². The first kappa shape index (κ1) is 25.0. The second kappa shape index (κ2) is 10.1. The third-order valence-electron chi connectivity index (χ3n) is 6.03. The normalized spacial score (nSPS) is 17.2. The fourth-order valence-corrected chi connectivity index (χ4v) is 4.84. The number of methoxy groups -OCH3 is 1. The van der Waals surface area contributed by atoms with Gasteiger partial charge in [-0.25, -0.2) is 0 Å². The van der Waals surface area contributed by atoms with E-state index in [1.165, 1.54) is 5.56 Å². The van der Waals surface area contributed by atoms with Crippen LogP contribution >= 0.6 is 23.2 Å². The van der Waals surface area contributed by atoms with E-state index >= 15 is 0 Å². The maximum atomic E-state index is 12.8. The molecule has 7 heteroatoms. The largest absolute Gasteiger partial charge is 0.496 e. The number of halogens is 2. The van der Waals surface area contributed by atoms with E-state index in [1.54, 1.807) is 31.4 Å². The summed E-state index contributed by atoms with van der Waals surface area (Å²) in [6.07, 6.45) is 3.62. The number of ether oxygens (including phenoxy) is 1. The molecule has 174 valence electrons. The molecule has 1 atom stereocenters. The molecule has 1 aliphatic rings. The number of hydrogen-bond donors (Lipinski definition) is 1. The van der Waals surface area contributed by atoms with Gasteiger partial charge in [0.15, 0.2) is 0 Å². The van der Waals surface area contributed by atoms with Gasteiger partial charge >= 0.3 is 0 Å². The van der Waals surface area contributed by atoms with Crippen molar-refractivity contribution in [2.24, 2.45) is 0 Å². The third-order valence-corrected chi connectivity index (χ3v) is 6.77. The first-order valence-corrected chi connectivity index (χ1v) is 11.7. The van der Waals surface area contributed by atoms with Gasteiger partial charge in [0, 0.05) is 35.1 Å². The van der Waals surface area contributed by atoms with Crippen molar-refractivity contribution in [1.82, 2.24) is 0 Å². The lowest BCUT2D eigenvalue weighted by Gasteiger charge is -2.47. The van der Waals surface area contributed by atoms with E-state index in [-0.39, 0.29) is 11.1 Å². The average Bonchev–Trinajstić information content (AvgIpc) is 2.76. The first-order chi connectivity index (χ1) is 15.6. The summed E-state index contributed by atoms with van der Waals surface area (Å²) in [7, 11) is 1.60. The molecule has 1 heterocycles. The molecule has 5 nitrogen and oxygen atoms in total. The maximum absolute atomic E-state index is 12.8. The Bertz CT molecular complexity index is 1140. The van der Waals surface area contributed by atoms with Crippen LogP contribution < -0.4 is 15.0 Å². The molecule has 0 aliphatic carbocycles. The number of carbonyl (C=O) groups is 1. The molecule has 0 aromatic heterocycles. The molecule has 0 bridgehead atoms. The Hall–Kier alpha value is -2.68. The van der Waals surface area contributed by atoms with Gasteiger partial charge in [-0.2, -0.15) is 5.26 Å². The molecule has 1 unspecified atom stereocenters. The molecule has 2 aromatic carbocycles. The number of nitrogens with one attached hydrogen (secondary N) is 1. The predicted molar refractivity (Wildman–Crippen MR) is 136 cm³/mol. The van der Waals surface area contributed by atoms with Gasteiger partial charge in [-0.1, -0.05) is 37.0 Å². The van der Waals surface area contributed by atoms with E-state index in [2.05, 4.69) is 37.9 Å². The third kappa shape index (κ3) is 5.29. The monoisotopic (exact) mass is 485 g/mol. The van der Waals surface area contributed by atoms with Crippen molar-refractivity contribution in [3.8, 4) is 11.8 Å². The number of carbonyl (C=O) groups excluding carboxylic acids is 1. The fourth-order valence-electron chi connectivity index (χ4n) is 4.54. The molecule has 1 N–H and O–H groups in total. The number of amides is 1. The summed E-state index contributed by atoms with van der Waals surface area (Å²) in [5.74, 6) is 0.420. The van der Waals surface area contributed by atoms with E-state index in [0.29, 0.717) is 33.0 Å². The molecule has 1 amide bonds. The molecule has 33 heavy (non-hydrogen) atoms. The lowest BCUT2D eigenvalue weighted by molar-refractivity contribution is -0.112. The van der Waals surface area contributed by atoms with Gasteiger partial charge in [0.2, 0.25) is 0 Å². The Morgan fingerprint density at radius 3 is 2.64 bits per heavy atom. The highest BCUT2D eigenvalue weighted by Crippen LogP contribution is 2.46. The highest BCUT2D eigenvalue weighted by molar-refractivity contribution is 6.42. The second-order valence-electron chi connectivity index (χ2n) is 8.98. The maximum Gasteiger partial charge on any atom is 0.266 e. The van der Waals surface area contributed by atoms with E-state index in [4.69, 9.17) is 27.9 Å². The van der Waals surface area contributed by atoms with Crippen LogP contribution in [0.5, 0.6) is 5.75 Å². The van der Waals surface area contributed by atoms with Crippen molar-refractivity contribution in [3.63, 3.8) is 0 Å². The Labute approximate surface area is 205 Å². The van der Waals surface area contributed by atoms with Crippen LogP contribution in [0.3, 0.4) is 0 Å². The Balaban J connectivity index is 2.01. The summed E-state index contributed by atoms with van der Waals surface area (Å²) in [5.41, 5.74) is 3.49. The standard InChI is InChI=1S/C26H29Cl2N3O2/c1-6-9-31-23-13-24(33-5)17(11-20(23)16(2)14-26(31,3)4)10-18(15-29)25(32)30-19-7-8-21(27)22(28)12-19/h7-8,10-13,16H,6,9,14H2,1-5H3,(H,30,32)/b18-10+. The topological polar surface area (TPSA) is 65.4 Å². The average molecular weight is 486 g/mol. The SMILES string of the molecule is CCCN1c2cc(OC)c(/C=C(\C#N)C(=O)Nc3ccc(Cl)c(Cl)c3)cc2C(C)CC1(C)C. The zero-order valence-electron chi connectivity index (χ0n) is 19.6. The number of fused-ring (bicyclic) bond motifs is 1. The minimum absolute atomic E-state index is 0.0301. The van der Waals surface area contributed by atoms with Crippen molar-refractivity contribution in [2.75, 3.05) is 23.9 Å². The highest BCUT2D eigenvalue weighted by atomic mass is 35.5. The van der Waals surface area contributed by atoms with Gasteiger partial charge in [0.25, 0.3) is 5.91 Å². The van der Waals surface area contributed by atoms with E-state index < -0.39 is 5.91 Å². The Kier molecular flexibility index (Phi) is 7.62. The Morgan fingerprint density at radius 2 is 2.03 bits per heavy atom. The van der Waals surface area contributed by atoms with Crippen LogP contribution in [0.15, 0.2) is 35.9 Å². The molecule has 0 saturated carbocycles. The summed E-state index contributed by atoms with van der Waals surface area (Å²) >= 11 is 12.0. The van der Waals surface area contributed by atoms with Crippen molar-refractivity contribution >= 4 is 46.6 Å². The van der Waals surface area contributed by atoms with Crippen LogP contribution in [0.4, 0.5) is 11.4 Å². The zero-order chi connectivity index (χ0) is 24.3. The molecular formula is C26H29Cl2N3O2. The van der Waals surface area contributed by atoms with Gasteiger partial charge in [-0.15, -0.1) is 0 Å². The molecule has 3 rings (SSSR count). The van der Waals surface area contributed by atoms with Gasteiger partial charge in [0.05, 0.1) is 17.2 Å². The number of nitrogens with zero attached hydrogens (tertiary/aromatic N) is 2. The van der Waals surface area contributed by atoms with Crippen LogP contribution in [0.2, 0.25) is 10.0 Å². The summed E-state index contributed by atoms with van der Waals surface area (Å²) < 4.78 is 5.67. The molecule has 0 fully saturated rings. The van der Waals surface area contributed by atoms with Gasteiger partial charge in [-0.3, -0.25) is 4.79 Å². The van der Waals surface area contributed by atoms with Gasteiger partial charge in [-0.05, 0) is 68.5 Å². The summed E-state index contributed by atoms with van der Waals surface area (Å²) in [5, 5.41) is 13.1. The van der Waals surface area contributed by atoms with Crippen molar-refractivity contribution in [1.29, 1.82) is 5.26 Å². The minimum atomic E-state index is -0.530. The highest BCUT2D eigenvalue weighted by Gasteiger charge is 2.36. The molecule has 0 radical (unpaired) electrons. The van der Waals surface area contributed by atoms with Crippen LogP contribution in [0.1, 0.15) is 57.6 Å². The summed E-state index contributed by atoms with van der Waals surface area (Å²) in [6.45, 7) is 9.87. The van der Waals surface area contributed by atoms with Crippen molar-refractivity contribution in [3.05, 3.63) is 57.1 Å². The van der Waals surface area contributed by atoms with E-state index in [0.717, 1.165) is 25.1 Å². The minimum Gasteiger partial charge on any atom is -0.496 e. The lowest BCUT2D eigenvalue weighted by Crippen LogP contribution is -2.48. The van der Waals surface area contributed by atoms with Crippen LogP contribution in [0.25, 0.3) is 6.08 Å². The van der Waals surface area contributed by atoms with E-state index in [1.807, 2.05) is 18.2 Å². The number of benzene rings is 2. The lowest BCUT2D eigenvalue weighted by atomic mass is 9.79. The fraction of sp³-hybridized carbons (Fsp3) is 0.385. The van der Waals surface area contributed by atoms with Gasteiger partial charge in [0.1, 0.15) is 17.4 Å². The van der Waals surface area contributed by atoms with Crippen LogP contribution in [0, 0.1) is 11.3 Å². The Morgan fingerprint density at radius 1 is 1.30 bits per heavy atom.